The zero-order chi connectivity index (χ0) is 14.7. The van der Waals surface area contributed by atoms with Gasteiger partial charge in [-0.2, -0.15) is 0 Å². The van der Waals surface area contributed by atoms with Gasteiger partial charge in [0.25, 0.3) is 0 Å². The van der Waals surface area contributed by atoms with E-state index in [-0.39, 0.29) is 12.3 Å². The molecule has 0 aliphatic rings. The van der Waals surface area contributed by atoms with Gasteiger partial charge in [0.1, 0.15) is 0 Å². The molecule has 0 fully saturated rings. The van der Waals surface area contributed by atoms with Gasteiger partial charge in [0.05, 0.1) is 12.1 Å². The first-order chi connectivity index (χ1) is 9.45. The van der Waals surface area contributed by atoms with E-state index in [1.54, 1.807) is 18.2 Å². The van der Waals surface area contributed by atoms with Gasteiger partial charge in [-0.05, 0) is 58.2 Å². The SMILES string of the molecule is Cc1cc(Br)c(NC(=O)Cc2cccc(Cl)c2)cc1N. The lowest BCUT2D eigenvalue weighted by atomic mass is 10.1. The quantitative estimate of drug-likeness (QED) is 0.814. The molecule has 0 spiro atoms. The van der Waals surface area contributed by atoms with Crippen LogP contribution in [-0.2, 0) is 11.2 Å². The zero-order valence-electron chi connectivity index (χ0n) is 10.9. The lowest BCUT2D eigenvalue weighted by Crippen LogP contribution is -2.15. The van der Waals surface area contributed by atoms with Gasteiger partial charge in [-0.25, -0.2) is 0 Å². The summed E-state index contributed by atoms with van der Waals surface area (Å²) in [7, 11) is 0. The first-order valence-corrected chi connectivity index (χ1v) is 7.22. The van der Waals surface area contributed by atoms with Crippen molar-refractivity contribution in [3.8, 4) is 0 Å². The number of benzene rings is 2. The van der Waals surface area contributed by atoms with Crippen LogP contribution < -0.4 is 11.1 Å². The second kappa shape index (κ2) is 6.29. The van der Waals surface area contributed by atoms with Crippen molar-refractivity contribution in [2.75, 3.05) is 11.1 Å². The molecule has 0 saturated heterocycles. The molecule has 0 aliphatic heterocycles. The van der Waals surface area contributed by atoms with Gasteiger partial charge in [0, 0.05) is 15.2 Å². The van der Waals surface area contributed by atoms with Crippen molar-refractivity contribution >= 4 is 44.8 Å². The van der Waals surface area contributed by atoms with Crippen molar-refractivity contribution in [3.05, 3.63) is 57.0 Å². The third-order valence-electron chi connectivity index (χ3n) is 2.88. The third kappa shape index (κ3) is 3.74. The van der Waals surface area contributed by atoms with E-state index < -0.39 is 0 Å². The number of hydrogen-bond donors (Lipinski definition) is 2. The summed E-state index contributed by atoms with van der Waals surface area (Å²) < 4.78 is 0.809. The number of halogens is 2. The summed E-state index contributed by atoms with van der Waals surface area (Å²) in [6, 6.07) is 10.9. The summed E-state index contributed by atoms with van der Waals surface area (Å²) in [5.41, 5.74) is 8.99. The van der Waals surface area contributed by atoms with Gasteiger partial charge < -0.3 is 11.1 Å². The molecule has 0 saturated carbocycles. The van der Waals surface area contributed by atoms with Gasteiger partial charge in [-0.3, -0.25) is 4.79 Å². The maximum Gasteiger partial charge on any atom is 0.228 e. The summed E-state index contributed by atoms with van der Waals surface area (Å²) in [5.74, 6) is -0.115. The normalized spacial score (nSPS) is 10.3. The van der Waals surface area contributed by atoms with Crippen molar-refractivity contribution in [2.45, 2.75) is 13.3 Å². The van der Waals surface area contributed by atoms with Crippen LogP contribution in [0.5, 0.6) is 0 Å². The van der Waals surface area contributed by atoms with Crippen molar-refractivity contribution in [3.63, 3.8) is 0 Å². The topological polar surface area (TPSA) is 55.1 Å². The van der Waals surface area contributed by atoms with Crippen LogP contribution in [0.3, 0.4) is 0 Å². The van der Waals surface area contributed by atoms with Gasteiger partial charge >= 0.3 is 0 Å². The van der Waals surface area contributed by atoms with E-state index >= 15 is 0 Å². The smallest absolute Gasteiger partial charge is 0.228 e. The minimum absolute atomic E-state index is 0.115. The summed E-state index contributed by atoms with van der Waals surface area (Å²) in [6.45, 7) is 1.91. The summed E-state index contributed by atoms with van der Waals surface area (Å²) in [6.07, 6.45) is 0.265. The lowest BCUT2D eigenvalue weighted by Gasteiger charge is -2.10. The molecule has 104 valence electrons. The molecule has 0 heterocycles. The molecule has 2 aromatic rings. The minimum atomic E-state index is -0.115. The van der Waals surface area contributed by atoms with E-state index in [9.17, 15) is 4.79 Å². The molecule has 5 heteroatoms. The van der Waals surface area contributed by atoms with Crippen LogP contribution in [0, 0.1) is 6.92 Å². The highest BCUT2D eigenvalue weighted by Crippen LogP contribution is 2.27. The Hall–Kier alpha value is -1.52. The first kappa shape index (κ1) is 14.9. The molecular formula is C15H14BrClN2O. The van der Waals surface area contributed by atoms with Crippen molar-refractivity contribution in [1.82, 2.24) is 0 Å². The number of carbonyl (C=O) groups is 1. The van der Waals surface area contributed by atoms with Crippen LogP contribution >= 0.6 is 27.5 Å². The molecule has 3 nitrogen and oxygen atoms in total. The second-order valence-electron chi connectivity index (χ2n) is 4.54. The van der Waals surface area contributed by atoms with Gasteiger partial charge in [-0.1, -0.05) is 23.7 Å². The maximum absolute atomic E-state index is 12.0. The second-order valence-corrected chi connectivity index (χ2v) is 5.83. The predicted molar refractivity (Wildman–Crippen MR) is 87.1 cm³/mol. The number of anilines is 2. The highest BCUT2D eigenvalue weighted by molar-refractivity contribution is 9.10. The summed E-state index contributed by atoms with van der Waals surface area (Å²) in [4.78, 5) is 12.0. The Morgan fingerprint density at radius 3 is 2.80 bits per heavy atom. The third-order valence-corrected chi connectivity index (χ3v) is 3.77. The fourth-order valence-corrected chi connectivity index (χ4v) is 2.58. The Balaban J connectivity index is 2.10. The zero-order valence-corrected chi connectivity index (χ0v) is 13.3. The minimum Gasteiger partial charge on any atom is -0.398 e. The maximum atomic E-state index is 12.0. The number of nitrogen functional groups attached to an aromatic ring is 1. The van der Waals surface area contributed by atoms with Crippen LogP contribution in [0.4, 0.5) is 11.4 Å². The monoisotopic (exact) mass is 352 g/mol. The average Bonchev–Trinajstić information content (AvgIpc) is 2.36. The Bertz CT molecular complexity index is 658. The number of hydrogen-bond acceptors (Lipinski definition) is 2. The van der Waals surface area contributed by atoms with E-state index in [1.807, 2.05) is 25.1 Å². The number of nitrogens with one attached hydrogen (secondary N) is 1. The van der Waals surface area contributed by atoms with Gasteiger partial charge in [0.15, 0.2) is 0 Å². The van der Waals surface area contributed by atoms with Crippen LogP contribution in [0.15, 0.2) is 40.9 Å². The van der Waals surface area contributed by atoms with Crippen LogP contribution in [0.25, 0.3) is 0 Å². The van der Waals surface area contributed by atoms with Crippen molar-refractivity contribution in [2.24, 2.45) is 0 Å². The molecular weight excluding hydrogens is 340 g/mol. The number of nitrogens with two attached hydrogens (primary N) is 1. The Kier molecular flexibility index (Phi) is 4.68. The largest absolute Gasteiger partial charge is 0.398 e. The first-order valence-electron chi connectivity index (χ1n) is 6.05. The fourth-order valence-electron chi connectivity index (χ4n) is 1.81. The van der Waals surface area contributed by atoms with E-state index in [4.69, 9.17) is 17.3 Å². The van der Waals surface area contributed by atoms with Crippen LogP contribution in [0.2, 0.25) is 5.02 Å². The molecule has 2 aromatic carbocycles. The highest BCUT2D eigenvalue weighted by Gasteiger charge is 2.09. The van der Waals surface area contributed by atoms with E-state index in [1.165, 1.54) is 0 Å². The summed E-state index contributed by atoms with van der Waals surface area (Å²) >= 11 is 9.31. The lowest BCUT2D eigenvalue weighted by molar-refractivity contribution is -0.115. The molecule has 0 aliphatic carbocycles. The number of aryl methyl sites for hydroxylation is 1. The molecule has 20 heavy (non-hydrogen) atoms. The van der Waals surface area contributed by atoms with Crippen LogP contribution in [-0.4, -0.2) is 5.91 Å². The van der Waals surface area contributed by atoms with Crippen molar-refractivity contribution < 1.29 is 4.79 Å². The van der Waals surface area contributed by atoms with E-state index in [2.05, 4.69) is 21.2 Å². The molecule has 0 unspecified atom stereocenters. The Morgan fingerprint density at radius 1 is 1.35 bits per heavy atom. The molecule has 0 atom stereocenters. The predicted octanol–water partition coefficient (Wildman–Crippen LogP) is 4.17. The molecule has 0 aromatic heterocycles. The van der Waals surface area contributed by atoms with Crippen LogP contribution in [0.1, 0.15) is 11.1 Å². The molecule has 1 amide bonds. The van der Waals surface area contributed by atoms with Gasteiger partial charge in [0.2, 0.25) is 5.91 Å². The molecule has 0 radical (unpaired) electrons. The molecule has 3 N–H and O–H groups in total. The number of amides is 1. The number of carbonyl (C=O) groups excluding carboxylic acids is 1. The Labute approximate surface area is 131 Å². The standard InChI is InChI=1S/C15H14BrClN2O/c1-9-5-12(16)14(8-13(9)18)19-15(20)7-10-3-2-4-11(17)6-10/h2-6,8H,7,18H2,1H3,(H,19,20). The fraction of sp³-hybridized carbons (Fsp3) is 0.133. The number of rotatable bonds is 3. The highest BCUT2D eigenvalue weighted by atomic mass is 79.9. The van der Waals surface area contributed by atoms with Crippen molar-refractivity contribution in [1.29, 1.82) is 0 Å². The van der Waals surface area contributed by atoms with E-state index in [0.717, 1.165) is 15.6 Å². The molecule has 2 rings (SSSR count). The molecule has 0 bridgehead atoms. The summed E-state index contributed by atoms with van der Waals surface area (Å²) in [5, 5.41) is 3.46. The van der Waals surface area contributed by atoms with Gasteiger partial charge in [-0.15, -0.1) is 0 Å². The van der Waals surface area contributed by atoms with E-state index in [0.29, 0.717) is 16.4 Å². The average molecular weight is 354 g/mol. The Morgan fingerprint density at radius 2 is 2.10 bits per heavy atom.